The van der Waals surface area contributed by atoms with Gasteiger partial charge in [0.2, 0.25) is 0 Å². The molecule has 2 aromatic rings. The summed E-state index contributed by atoms with van der Waals surface area (Å²) in [6, 6.07) is 8.99. The number of carbonyl (C=O) groups excluding carboxylic acids is 1. The molecule has 0 atom stereocenters. The van der Waals surface area contributed by atoms with E-state index in [0.29, 0.717) is 23.6 Å². The van der Waals surface area contributed by atoms with E-state index < -0.39 is 0 Å². The van der Waals surface area contributed by atoms with Crippen LogP contribution >= 0.6 is 11.6 Å². The number of hydrogen-bond acceptors (Lipinski definition) is 3. The van der Waals surface area contributed by atoms with Crippen molar-refractivity contribution in [2.75, 3.05) is 7.11 Å². The number of halogens is 1. The molecule has 0 spiro atoms. The van der Waals surface area contributed by atoms with Crippen molar-refractivity contribution in [1.29, 1.82) is 0 Å². The number of benzene rings is 1. The molecule has 1 aromatic heterocycles. The first kappa shape index (κ1) is 13.6. The Labute approximate surface area is 117 Å². The van der Waals surface area contributed by atoms with Crippen molar-refractivity contribution in [1.82, 2.24) is 4.98 Å². The summed E-state index contributed by atoms with van der Waals surface area (Å²) in [5, 5.41) is 0.602. The highest BCUT2D eigenvalue weighted by Gasteiger charge is 2.10. The van der Waals surface area contributed by atoms with Gasteiger partial charge in [-0.1, -0.05) is 17.7 Å². The Morgan fingerprint density at radius 3 is 2.84 bits per heavy atom. The van der Waals surface area contributed by atoms with Gasteiger partial charge in [-0.25, -0.2) is 0 Å². The van der Waals surface area contributed by atoms with E-state index in [-0.39, 0.29) is 5.78 Å². The number of ether oxygens (including phenoxy) is 1. The largest absolute Gasteiger partial charge is 0.496 e. The fourth-order valence-electron chi connectivity index (χ4n) is 1.89. The molecule has 0 aliphatic rings. The minimum Gasteiger partial charge on any atom is -0.496 e. The maximum absolute atomic E-state index is 12.0. The standard InChI is InChI=1S/C15H14ClNO2/c1-19-15-5-4-13(16)8-12(15)9-14(18)7-11-3-2-6-17-10-11/h2-6,8,10H,7,9H2,1H3. The van der Waals surface area contributed by atoms with Gasteiger partial charge in [0.25, 0.3) is 0 Å². The van der Waals surface area contributed by atoms with Crippen LogP contribution in [0.3, 0.4) is 0 Å². The predicted octanol–water partition coefficient (Wildman–Crippen LogP) is 3.10. The summed E-state index contributed by atoms with van der Waals surface area (Å²) >= 11 is 5.94. The first-order chi connectivity index (χ1) is 9.19. The second kappa shape index (κ2) is 6.34. The Kier molecular flexibility index (Phi) is 4.53. The van der Waals surface area contributed by atoms with E-state index >= 15 is 0 Å². The van der Waals surface area contributed by atoms with Crippen LogP contribution in [0.1, 0.15) is 11.1 Å². The Bertz CT molecular complexity index is 570. The van der Waals surface area contributed by atoms with Crippen LogP contribution in [0, 0.1) is 0 Å². The van der Waals surface area contributed by atoms with Crippen LogP contribution in [0.4, 0.5) is 0 Å². The number of rotatable bonds is 5. The minimum absolute atomic E-state index is 0.105. The third-order valence-electron chi connectivity index (χ3n) is 2.75. The Hall–Kier alpha value is -1.87. The minimum atomic E-state index is 0.105. The third kappa shape index (κ3) is 3.80. The number of aromatic nitrogens is 1. The van der Waals surface area contributed by atoms with Gasteiger partial charge in [0.1, 0.15) is 11.5 Å². The fourth-order valence-corrected chi connectivity index (χ4v) is 2.09. The summed E-state index contributed by atoms with van der Waals surface area (Å²) in [6.07, 6.45) is 4.06. The van der Waals surface area contributed by atoms with Crippen LogP contribution in [-0.2, 0) is 17.6 Å². The molecule has 19 heavy (non-hydrogen) atoms. The van der Waals surface area contributed by atoms with E-state index in [1.807, 2.05) is 12.1 Å². The van der Waals surface area contributed by atoms with Crippen LogP contribution in [0.2, 0.25) is 5.02 Å². The van der Waals surface area contributed by atoms with Crippen molar-refractivity contribution in [3.8, 4) is 5.75 Å². The number of pyridine rings is 1. The van der Waals surface area contributed by atoms with Gasteiger partial charge in [-0.15, -0.1) is 0 Å². The lowest BCUT2D eigenvalue weighted by atomic mass is 10.0. The highest BCUT2D eigenvalue weighted by Crippen LogP contribution is 2.23. The lowest BCUT2D eigenvalue weighted by Crippen LogP contribution is -2.07. The number of methoxy groups -OCH3 is 1. The molecule has 0 fully saturated rings. The molecule has 0 bridgehead atoms. The number of nitrogens with zero attached hydrogens (tertiary/aromatic N) is 1. The summed E-state index contributed by atoms with van der Waals surface area (Å²) in [5.41, 5.74) is 1.72. The quantitative estimate of drug-likeness (QED) is 0.842. The zero-order chi connectivity index (χ0) is 13.7. The van der Waals surface area contributed by atoms with Gasteiger partial charge < -0.3 is 4.74 Å². The third-order valence-corrected chi connectivity index (χ3v) is 2.99. The smallest absolute Gasteiger partial charge is 0.141 e. The van der Waals surface area contributed by atoms with Crippen molar-refractivity contribution >= 4 is 17.4 Å². The van der Waals surface area contributed by atoms with E-state index in [4.69, 9.17) is 16.3 Å². The molecule has 1 aromatic carbocycles. The second-order valence-electron chi connectivity index (χ2n) is 4.21. The zero-order valence-electron chi connectivity index (χ0n) is 10.6. The molecule has 0 aliphatic carbocycles. The van der Waals surface area contributed by atoms with Crippen molar-refractivity contribution < 1.29 is 9.53 Å². The average Bonchev–Trinajstić information content (AvgIpc) is 2.40. The molecule has 1 heterocycles. The van der Waals surface area contributed by atoms with Crippen LogP contribution in [0.5, 0.6) is 5.75 Å². The number of carbonyl (C=O) groups is 1. The first-order valence-corrected chi connectivity index (χ1v) is 6.30. The van der Waals surface area contributed by atoms with Crippen molar-refractivity contribution in [2.24, 2.45) is 0 Å². The molecular formula is C15H14ClNO2. The maximum Gasteiger partial charge on any atom is 0.141 e. The highest BCUT2D eigenvalue weighted by molar-refractivity contribution is 6.30. The fraction of sp³-hybridized carbons (Fsp3) is 0.200. The van der Waals surface area contributed by atoms with Gasteiger partial charge in [0, 0.05) is 35.8 Å². The predicted molar refractivity (Wildman–Crippen MR) is 74.7 cm³/mol. The molecule has 2 rings (SSSR count). The topological polar surface area (TPSA) is 39.2 Å². The first-order valence-electron chi connectivity index (χ1n) is 5.92. The molecule has 0 radical (unpaired) electrons. The Morgan fingerprint density at radius 1 is 1.32 bits per heavy atom. The number of Topliss-reactive ketones (excluding diaryl/α,β-unsaturated/α-hetero) is 1. The van der Waals surface area contributed by atoms with E-state index in [1.54, 1.807) is 37.7 Å². The van der Waals surface area contributed by atoms with Gasteiger partial charge in [-0.05, 0) is 29.8 Å². The maximum atomic E-state index is 12.0. The molecule has 0 saturated carbocycles. The van der Waals surface area contributed by atoms with Crippen LogP contribution < -0.4 is 4.74 Å². The number of hydrogen-bond donors (Lipinski definition) is 0. The van der Waals surface area contributed by atoms with E-state index in [9.17, 15) is 4.79 Å². The molecular weight excluding hydrogens is 262 g/mol. The van der Waals surface area contributed by atoms with Gasteiger partial charge in [-0.3, -0.25) is 9.78 Å². The number of ketones is 1. The van der Waals surface area contributed by atoms with E-state index in [2.05, 4.69) is 4.98 Å². The Balaban J connectivity index is 2.09. The molecule has 0 amide bonds. The molecule has 4 heteroatoms. The average molecular weight is 276 g/mol. The van der Waals surface area contributed by atoms with Crippen molar-refractivity contribution in [3.63, 3.8) is 0 Å². The van der Waals surface area contributed by atoms with Crippen molar-refractivity contribution in [2.45, 2.75) is 12.8 Å². The van der Waals surface area contributed by atoms with Crippen LogP contribution in [-0.4, -0.2) is 17.9 Å². The van der Waals surface area contributed by atoms with Gasteiger partial charge in [0.05, 0.1) is 7.11 Å². The van der Waals surface area contributed by atoms with Gasteiger partial charge >= 0.3 is 0 Å². The van der Waals surface area contributed by atoms with E-state index in [0.717, 1.165) is 11.1 Å². The lowest BCUT2D eigenvalue weighted by molar-refractivity contribution is -0.117. The summed E-state index contributed by atoms with van der Waals surface area (Å²) in [6.45, 7) is 0. The second-order valence-corrected chi connectivity index (χ2v) is 4.65. The molecule has 0 saturated heterocycles. The summed E-state index contributed by atoms with van der Waals surface area (Å²) in [4.78, 5) is 16.0. The van der Waals surface area contributed by atoms with Crippen molar-refractivity contribution in [3.05, 3.63) is 58.9 Å². The molecule has 98 valence electrons. The van der Waals surface area contributed by atoms with E-state index in [1.165, 1.54) is 0 Å². The molecule has 0 unspecified atom stereocenters. The molecule has 0 N–H and O–H groups in total. The van der Waals surface area contributed by atoms with Crippen LogP contribution in [0.15, 0.2) is 42.7 Å². The lowest BCUT2D eigenvalue weighted by Gasteiger charge is -2.08. The van der Waals surface area contributed by atoms with Gasteiger partial charge in [-0.2, -0.15) is 0 Å². The monoisotopic (exact) mass is 275 g/mol. The summed E-state index contributed by atoms with van der Waals surface area (Å²) < 4.78 is 5.23. The molecule has 0 aliphatic heterocycles. The SMILES string of the molecule is COc1ccc(Cl)cc1CC(=O)Cc1cccnc1. The Morgan fingerprint density at radius 2 is 2.16 bits per heavy atom. The van der Waals surface area contributed by atoms with Crippen LogP contribution in [0.25, 0.3) is 0 Å². The normalized spacial score (nSPS) is 10.2. The van der Waals surface area contributed by atoms with Gasteiger partial charge in [0.15, 0.2) is 0 Å². The summed E-state index contributed by atoms with van der Waals surface area (Å²) in [5.74, 6) is 0.789. The zero-order valence-corrected chi connectivity index (χ0v) is 11.4. The highest BCUT2D eigenvalue weighted by atomic mass is 35.5. The summed E-state index contributed by atoms with van der Waals surface area (Å²) in [7, 11) is 1.58. The molecule has 3 nitrogen and oxygen atoms in total.